The van der Waals surface area contributed by atoms with E-state index in [4.69, 9.17) is 9.47 Å². The minimum Gasteiger partial charge on any atom is -0.486 e. The molecule has 2 N–H and O–H groups in total. The van der Waals surface area contributed by atoms with Crippen molar-refractivity contribution in [1.82, 2.24) is 4.90 Å². The van der Waals surface area contributed by atoms with Crippen LogP contribution in [0.2, 0.25) is 0 Å². The van der Waals surface area contributed by atoms with Crippen LogP contribution in [-0.4, -0.2) is 42.5 Å². The van der Waals surface area contributed by atoms with Crippen molar-refractivity contribution in [2.45, 2.75) is 57.5 Å². The minimum atomic E-state index is -0.548. The van der Waals surface area contributed by atoms with Crippen molar-refractivity contribution >= 4 is 23.2 Å². The second-order valence-corrected chi connectivity index (χ2v) is 11.2. The number of aryl methyl sites for hydroxylation is 1. The Labute approximate surface area is 240 Å². The topological polar surface area (TPSA) is 79.9 Å². The predicted molar refractivity (Wildman–Crippen MR) is 156 cm³/mol. The van der Waals surface area contributed by atoms with Crippen LogP contribution in [0.1, 0.15) is 66.1 Å². The third-order valence-corrected chi connectivity index (χ3v) is 8.45. The first-order chi connectivity index (χ1) is 20.0. The van der Waals surface area contributed by atoms with Gasteiger partial charge < -0.3 is 25.0 Å². The lowest BCUT2D eigenvalue weighted by molar-refractivity contribution is -0.123. The number of likely N-dealkylation sites (tertiary alicyclic amines) is 1. The normalized spacial score (nSPS) is 20.5. The van der Waals surface area contributed by atoms with E-state index in [-0.39, 0.29) is 11.5 Å². The summed E-state index contributed by atoms with van der Waals surface area (Å²) in [6.07, 6.45) is 6.04. The van der Waals surface area contributed by atoms with E-state index in [0.29, 0.717) is 61.4 Å². The SMILES string of the molecule is Cc1cccc(F)c1C(=O)N1CCCC(C(=O)Nc2ccc3c(c2)OCCO3)C1c1ccc(NC2CCCC2)cc1. The summed E-state index contributed by atoms with van der Waals surface area (Å²) in [5.41, 5.74) is 3.11. The molecule has 2 unspecified atom stereocenters. The van der Waals surface area contributed by atoms with Crippen LogP contribution in [-0.2, 0) is 4.79 Å². The van der Waals surface area contributed by atoms with Crippen LogP contribution in [0.15, 0.2) is 60.7 Å². The number of amides is 2. The minimum absolute atomic E-state index is 0.0601. The van der Waals surface area contributed by atoms with E-state index in [1.165, 1.54) is 18.9 Å². The maximum atomic E-state index is 15.0. The first kappa shape index (κ1) is 27.1. The molecule has 2 fully saturated rings. The molecule has 2 heterocycles. The van der Waals surface area contributed by atoms with E-state index in [1.54, 1.807) is 42.2 Å². The summed E-state index contributed by atoms with van der Waals surface area (Å²) in [6.45, 7) is 3.12. The van der Waals surface area contributed by atoms with Crippen LogP contribution in [0, 0.1) is 18.7 Å². The first-order valence-electron chi connectivity index (χ1n) is 14.6. The van der Waals surface area contributed by atoms with E-state index in [1.807, 2.05) is 24.3 Å². The summed E-state index contributed by atoms with van der Waals surface area (Å²) in [6, 6.07) is 18.0. The maximum Gasteiger partial charge on any atom is 0.257 e. The quantitative estimate of drug-likeness (QED) is 0.362. The van der Waals surface area contributed by atoms with Crippen molar-refractivity contribution in [2.75, 3.05) is 30.4 Å². The van der Waals surface area contributed by atoms with Gasteiger partial charge in [-0.3, -0.25) is 9.59 Å². The Kier molecular flexibility index (Phi) is 7.81. The molecular formula is C33H36FN3O4. The highest BCUT2D eigenvalue weighted by Gasteiger charge is 2.40. The van der Waals surface area contributed by atoms with Crippen molar-refractivity contribution in [3.8, 4) is 11.5 Å². The highest BCUT2D eigenvalue weighted by Crippen LogP contribution is 2.40. The fourth-order valence-electron chi connectivity index (χ4n) is 6.40. The molecule has 8 heteroatoms. The van der Waals surface area contributed by atoms with Gasteiger partial charge in [0.2, 0.25) is 5.91 Å². The number of nitrogens with zero attached hydrogens (tertiary/aromatic N) is 1. The summed E-state index contributed by atoms with van der Waals surface area (Å²) in [4.78, 5) is 29.5. The number of ether oxygens (including phenoxy) is 2. The van der Waals surface area contributed by atoms with Gasteiger partial charge in [0.15, 0.2) is 11.5 Å². The van der Waals surface area contributed by atoms with Crippen LogP contribution in [0.5, 0.6) is 11.5 Å². The second-order valence-electron chi connectivity index (χ2n) is 11.2. The van der Waals surface area contributed by atoms with Gasteiger partial charge in [-0.2, -0.15) is 0 Å². The van der Waals surface area contributed by atoms with E-state index in [2.05, 4.69) is 10.6 Å². The number of piperidine rings is 1. The third kappa shape index (κ3) is 5.73. The van der Waals surface area contributed by atoms with Crippen molar-refractivity contribution in [3.63, 3.8) is 0 Å². The number of anilines is 2. The molecule has 1 saturated carbocycles. The molecule has 0 spiro atoms. The number of rotatable bonds is 6. The summed E-state index contributed by atoms with van der Waals surface area (Å²) in [5, 5.41) is 6.65. The molecule has 3 aromatic carbocycles. The Balaban J connectivity index is 1.31. The molecule has 2 atom stereocenters. The Morgan fingerprint density at radius 3 is 2.37 bits per heavy atom. The number of fused-ring (bicyclic) bond motifs is 1. The number of benzene rings is 3. The number of carbonyl (C=O) groups is 2. The average Bonchev–Trinajstić information content (AvgIpc) is 3.50. The molecule has 2 amide bonds. The van der Waals surface area contributed by atoms with Gasteiger partial charge in [0.25, 0.3) is 5.91 Å². The summed E-state index contributed by atoms with van der Waals surface area (Å²) in [7, 11) is 0. The van der Waals surface area contributed by atoms with Gasteiger partial charge in [0, 0.05) is 30.0 Å². The fourth-order valence-corrected chi connectivity index (χ4v) is 6.40. The van der Waals surface area contributed by atoms with E-state index in [9.17, 15) is 14.0 Å². The Bertz CT molecular complexity index is 1400. The molecule has 3 aliphatic rings. The lowest BCUT2D eigenvalue weighted by Crippen LogP contribution is -2.46. The predicted octanol–water partition coefficient (Wildman–Crippen LogP) is 6.49. The van der Waals surface area contributed by atoms with E-state index in [0.717, 1.165) is 24.1 Å². The zero-order valence-electron chi connectivity index (χ0n) is 23.3. The van der Waals surface area contributed by atoms with Gasteiger partial charge in [-0.05, 0) is 74.1 Å². The smallest absolute Gasteiger partial charge is 0.257 e. The zero-order valence-corrected chi connectivity index (χ0v) is 23.3. The number of nitrogens with one attached hydrogen (secondary N) is 2. The molecule has 214 valence electrons. The standard InChI is InChI=1S/C33H36FN3O4/c1-21-6-4-10-27(34)30(21)33(39)37-17-5-9-26(32(38)36-25-15-16-28-29(20-25)41-19-18-40-28)31(37)22-11-13-24(14-12-22)35-23-7-2-3-8-23/h4,6,10-16,20,23,26,31,35H,2-3,5,7-9,17-19H2,1H3,(H,36,38). The first-order valence-corrected chi connectivity index (χ1v) is 14.6. The molecular weight excluding hydrogens is 521 g/mol. The lowest BCUT2D eigenvalue weighted by atomic mass is 9.83. The molecule has 1 aliphatic carbocycles. The molecule has 6 rings (SSSR count). The molecule has 1 saturated heterocycles. The Hall–Kier alpha value is -4.07. The number of hydrogen-bond acceptors (Lipinski definition) is 5. The highest BCUT2D eigenvalue weighted by molar-refractivity contribution is 5.98. The lowest BCUT2D eigenvalue weighted by Gasteiger charge is -2.41. The average molecular weight is 558 g/mol. The maximum absolute atomic E-state index is 15.0. The molecule has 0 bridgehead atoms. The van der Waals surface area contributed by atoms with Crippen molar-refractivity contribution in [2.24, 2.45) is 5.92 Å². The van der Waals surface area contributed by atoms with Gasteiger partial charge >= 0.3 is 0 Å². The molecule has 7 nitrogen and oxygen atoms in total. The molecule has 0 aromatic heterocycles. The van der Waals surface area contributed by atoms with Gasteiger partial charge in [-0.15, -0.1) is 0 Å². The zero-order chi connectivity index (χ0) is 28.3. The number of carbonyl (C=O) groups excluding carboxylic acids is 2. The van der Waals surface area contributed by atoms with E-state index >= 15 is 0 Å². The fraction of sp³-hybridized carbons (Fsp3) is 0.394. The summed E-state index contributed by atoms with van der Waals surface area (Å²) < 4.78 is 26.3. The summed E-state index contributed by atoms with van der Waals surface area (Å²) >= 11 is 0. The number of hydrogen-bond donors (Lipinski definition) is 2. The monoisotopic (exact) mass is 557 g/mol. The third-order valence-electron chi connectivity index (χ3n) is 8.45. The van der Waals surface area contributed by atoms with Crippen LogP contribution in [0.3, 0.4) is 0 Å². The molecule has 41 heavy (non-hydrogen) atoms. The largest absolute Gasteiger partial charge is 0.486 e. The van der Waals surface area contributed by atoms with Crippen LogP contribution < -0.4 is 20.1 Å². The Morgan fingerprint density at radius 2 is 1.61 bits per heavy atom. The molecule has 0 radical (unpaired) electrons. The van der Waals surface area contributed by atoms with Crippen molar-refractivity contribution in [3.05, 3.63) is 83.2 Å². The van der Waals surface area contributed by atoms with Crippen molar-refractivity contribution < 1.29 is 23.5 Å². The summed E-state index contributed by atoms with van der Waals surface area (Å²) in [5.74, 6) is -0.424. The van der Waals surface area contributed by atoms with Gasteiger partial charge in [0.05, 0.1) is 17.5 Å². The van der Waals surface area contributed by atoms with Gasteiger partial charge in [0.1, 0.15) is 19.0 Å². The van der Waals surface area contributed by atoms with Crippen LogP contribution in [0.4, 0.5) is 15.8 Å². The van der Waals surface area contributed by atoms with Crippen LogP contribution in [0.25, 0.3) is 0 Å². The second kappa shape index (κ2) is 11.8. The highest BCUT2D eigenvalue weighted by atomic mass is 19.1. The van der Waals surface area contributed by atoms with Gasteiger partial charge in [-0.25, -0.2) is 4.39 Å². The van der Waals surface area contributed by atoms with Crippen LogP contribution >= 0.6 is 0 Å². The molecule has 3 aromatic rings. The van der Waals surface area contributed by atoms with Crippen molar-refractivity contribution in [1.29, 1.82) is 0 Å². The molecule has 2 aliphatic heterocycles. The Morgan fingerprint density at radius 1 is 0.878 bits per heavy atom. The van der Waals surface area contributed by atoms with Gasteiger partial charge in [-0.1, -0.05) is 37.1 Å². The number of halogens is 1. The van der Waals surface area contributed by atoms with E-state index < -0.39 is 23.7 Å².